The molecule has 2 aliphatic heterocycles. The molecule has 2 fully saturated rings. The van der Waals surface area contributed by atoms with Gasteiger partial charge in [0.05, 0.1) is 21.8 Å². The number of aliphatic carboxylic acids is 2. The topological polar surface area (TPSA) is 408 Å². The number of carbonyl (C=O) groups is 2. The Hall–Kier alpha value is -7.66. The lowest BCUT2D eigenvalue weighted by Crippen LogP contribution is -2.37. The molecule has 2 atom stereocenters. The van der Waals surface area contributed by atoms with Gasteiger partial charge in [0.15, 0.2) is 0 Å². The SMILES string of the molecule is O=C(O)C1CCCN1c1nc(Nc2ccc(S(=O)(=O)O)cc2)nc(Nc2ccc(C=Cc3ccc(Nc4nc(Nc5ccc(S(=O)(=O)O)cc5)nc(N5CCCC5C(=O)O)n4)cc3S(=O)(=O)O)c(SOOO)c2)n1. The van der Waals surface area contributed by atoms with Gasteiger partial charge >= 0.3 is 11.9 Å². The molecule has 4 heterocycles. The molecule has 28 nitrogen and oxygen atoms in total. The van der Waals surface area contributed by atoms with Gasteiger partial charge in [0.2, 0.25) is 35.7 Å². The summed E-state index contributed by atoms with van der Waals surface area (Å²) in [5, 5.41) is 44.3. The van der Waals surface area contributed by atoms with Gasteiger partial charge in [-0.3, -0.25) is 13.7 Å². The summed E-state index contributed by atoms with van der Waals surface area (Å²) in [6.45, 7) is 0.575. The number of hydrogen-bond donors (Lipinski definition) is 10. The first-order valence-corrected chi connectivity index (χ1v) is 26.5. The van der Waals surface area contributed by atoms with Crippen molar-refractivity contribution in [3.05, 3.63) is 96.1 Å². The number of rotatable bonds is 20. The molecule has 388 valence electrons. The standard InChI is InChI=1S/C42H40N12O16S4/c55-35(56)31-3-1-19-53(31)41-49-37(43-25-11-15-29(16-12-25)72(60,61)62)47-39(51-41)45-27-9-7-23(33(21-27)71-70-69-59)5-6-24-8-10-28(22-34(24)74(66,67)68)46-40-48-38(44-26-13-17-30(18-14-26)73(63,64)65)50-42(52-40)54-20-2-4-32(54)36(57)58/h5-18,21-22,31-32,59H,1-4,19-20H2,(H,55,56)(H,57,58)(H,60,61,62)(H,63,64,65)(H,66,67,68)(H2,43,45,47,49,51)(H2,44,46,48,50,52). The first-order valence-electron chi connectivity index (χ1n) is 21.4. The van der Waals surface area contributed by atoms with E-state index in [0.717, 1.165) is 30.3 Å². The average Bonchev–Trinajstić information content (AvgIpc) is 4.05. The highest BCUT2D eigenvalue weighted by Gasteiger charge is 2.34. The number of carboxylic acid groups (broad SMARTS) is 2. The number of hydrogen-bond acceptors (Lipinski definition) is 24. The highest BCUT2D eigenvalue weighted by atomic mass is 32.2. The molecular weight excluding hydrogens is 1060 g/mol. The Morgan fingerprint density at radius 1 is 0.554 bits per heavy atom. The first kappa shape index (κ1) is 52.7. The van der Waals surface area contributed by atoms with Crippen LogP contribution in [-0.2, 0) is 49.3 Å². The second kappa shape index (κ2) is 21.8. The van der Waals surface area contributed by atoms with E-state index in [-0.39, 0.29) is 73.9 Å². The summed E-state index contributed by atoms with van der Waals surface area (Å²) >= 11 is 0.535. The summed E-state index contributed by atoms with van der Waals surface area (Å²) in [7, 11) is -13.9. The molecule has 2 unspecified atom stereocenters. The molecule has 8 rings (SSSR count). The van der Waals surface area contributed by atoms with Crippen LogP contribution >= 0.6 is 12.0 Å². The zero-order valence-corrected chi connectivity index (χ0v) is 40.9. The lowest BCUT2D eigenvalue weighted by atomic mass is 10.1. The van der Waals surface area contributed by atoms with Crippen LogP contribution in [0.4, 0.5) is 58.4 Å². The molecule has 2 aromatic heterocycles. The second-order valence-electron chi connectivity index (χ2n) is 16.0. The summed E-state index contributed by atoms with van der Waals surface area (Å²) < 4.78 is 106. The van der Waals surface area contributed by atoms with Crippen LogP contribution in [0.15, 0.2) is 105 Å². The fourth-order valence-electron chi connectivity index (χ4n) is 7.70. The van der Waals surface area contributed by atoms with E-state index in [1.54, 1.807) is 12.1 Å². The first-order chi connectivity index (χ1) is 35.1. The molecule has 0 aliphatic carbocycles. The van der Waals surface area contributed by atoms with Crippen LogP contribution in [0.25, 0.3) is 12.2 Å². The summed E-state index contributed by atoms with van der Waals surface area (Å²) in [5.41, 5.74) is 1.25. The van der Waals surface area contributed by atoms with Crippen LogP contribution in [0.2, 0.25) is 0 Å². The Kier molecular flexibility index (Phi) is 15.5. The van der Waals surface area contributed by atoms with Crippen molar-refractivity contribution in [3.8, 4) is 0 Å². The number of nitrogens with zero attached hydrogens (tertiary/aromatic N) is 8. The molecule has 6 aromatic rings. The largest absolute Gasteiger partial charge is 0.480 e. The molecule has 0 saturated carbocycles. The molecule has 0 amide bonds. The number of nitrogens with one attached hydrogen (secondary N) is 4. The monoisotopic (exact) mass is 1100 g/mol. The smallest absolute Gasteiger partial charge is 0.326 e. The van der Waals surface area contributed by atoms with Gasteiger partial charge in [0.25, 0.3) is 30.4 Å². The van der Waals surface area contributed by atoms with Crippen molar-refractivity contribution in [2.24, 2.45) is 0 Å². The van der Waals surface area contributed by atoms with Gasteiger partial charge in [0, 0.05) is 40.7 Å². The van der Waals surface area contributed by atoms with Gasteiger partial charge in [-0.05, 0) is 110 Å². The highest BCUT2D eigenvalue weighted by Crippen LogP contribution is 2.33. The minimum absolute atomic E-state index is 0.00789. The normalized spacial score (nSPS) is 16.1. The lowest BCUT2D eigenvalue weighted by molar-refractivity contribution is -0.432. The minimum Gasteiger partial charge on any atom is -0.480 e. The molecule has 0 radical (unpaired) electrons. The number of benzene rings is 4. The Balaban J connectivity index is 1.07. The Morgan fingerprint density at radius 3 is 1.35 bits per heavy atom. The maximum atomic E-state index is 12.9. The predicted molar refractivity (Wildman–Crippen MR) is 264 cm³/mol. The van der Waals surface area contributed by atoms with Crippen LogP contribution in [0.5, 0.6) is 0 Å². The van der Waals surface area contributed by atoms with Gasteiger partial charge < -0.3 is 41.3 Å². The van der Waals surface area contributed by atoms with Gasteiger partial charge in [-0.25, -0.2) is 14.8 Å². The zero-order valence-electron chi connectivity index (χ0n) is 37.6. The summed E-state index contributed by atoms with van der Waals surface area (Å²) in [6.07, 6.45) is 4.45. The van der Waals surface area contributed by atoms with E-state index in [0.29, 0.717) is 61.2 Å². The molecule has 4 aromatic carbocycles. The van der Waals surface area contributed by atoms with E-state index in [4.69, 9.17) is 9.59 Å². The number of carboxylic acids is 2. The average molecular weight is 1100 g/mol. The molecule has 0 spiro atoms. The molecular formula is C42H40N12O16S4. The third kappa shape index (κ3) is 12.9. The van der Waals surface area contributed by atoms with E-state index in [1.165, 1.54) is 64.4 Å². The predicted octanol–water partition coefficient (Wildman–Crippen LogP) is 5.48. The Bertz CT molecular complexity index is 3490. The van der Waals surface area contributed by atoms with Crippen molar-refractivity contribution < 1.29 is 73.3 Å². The van der Waals surface area contributed by atoms with Gasteiger partial charge in [-0.2, -0.15) is 55.2 Å². The molecule has 32 heteroatoms. The van der Waals surface area contributed by atoms with Crippen LogP contribution in [0, 0.1) is 0 Å². The molecule has 0 bridgehead atoms. The minimum atomic E-state index is -4.95. The van der Waals surface area contributed by atoms with Crippen molar-refractivity contribution in [1.82, 2.24) is 29.9 Å². The van der Waals surface area contributed by atoms with E-state index >= 15 is 0 Å². The summed E-state index contributed by atoms with van der Waals surface area (Å²) in [6, 6.07) is 16.4. The van der Waals surface area contributed by atoms with Crippen molar-refractivity contribution in [1.29, 1.82) is 0 Å². The number of aromatic nitrogens is 6. The maximum absolute atomic E-state index is 12.9. The third-order valence-corrected chi connectivity index (χ3v) is 14.4. The van der Waals surface area contributed by atoms with Crippen LogP contribution in [0.1, 0.15) is 36.8 Å². The van der Waals surface area contributed by atoms with E-state index in [9.17, 15) is 58.7 Å². The second-order valence-corrected chi connectivity index (χ2v) is 21.0. The van der Waals surface area contributed by atoms with Crippen LogP contribution in [0.3, 0.4) is 0 Å². The van der Waals surface area contributed by atoms with Gasteiger partial charge in [0.1, 0.15) is 17.0 Å². The highest BCUT2D eigenvalue weighted by molar-refractivity contribution is 7.94. The molecule has 2 saturated heterocycles. The van der Waals surface area contributed by atoms with Crippen molar-refractivity contribution >= 4 is 125 Å². The molecule has 2 aliphatic rings. The number of anilines is 10. The van der Waals surface area contributed by atoms with Crippen molar-refractivity contribution in [2.45, 2.75) is 57.3 Å². The van der Waals surface area contributed by atoms with E-state index in [2.05, 4.69) is 56.2 Å². The van der Waals surface area contributed by atoms with Crippen LogP contribution < -0.4 is 31.1 Å². The van der Waals surface area contributed by atoms with Crippen molar-refractivity contribution in [2.75, 3.05) is 44.2 Å². The van der Waals surface area contributed by atoms with E-state index < -0.39 is 59.3 Å². The summed E-state index contributed by atoms with van der Waals surface area (Å²) in [5.74, 6) is -2.77. The molecule has 10 N–H and O–H groups in total. The quantitative estimate of drug-likeness (QED) is 0.0149. The maximum Gasteiger partial charge on any atom is 0.326 e. The third-order valence-electron chi connectivity index (χ3n) is 11.1. The van der Waals surface area contributed by atoms with E-state index in [1.807, 2.05) is 0 Å². The Morgan fingerprint density at radius 2 is 0.946 bits per heavy atom. The fraction of sp³-hybridized carbons (Fsp3) is 0.190. The lowest BCUT2D eigenvalue weighted by Gasteiger charge is -2.22. The van der Waals surface area contributed by atoms with Gasteiger partial charge in [-0.1, -0.05) is 29.3 Å². The van der Waals surface area contributed by atoms with Crippen molar-refractivity contribution in [3.63, 3.8) is 0 Å². The Labute approximate surface area is 423 Å². The zero-order chi connectivity index (χ0) is 53.0. The molecule has 74 heavy (non-hydrogen) atoms. The van der Waals surface area contributed by atoms with Gasteiger partial charge in [-0.15, -0.1) is 4.33 Å². The summed E-state index contributed by atoms with van der Waals surface area (Å²) in [4.78, 5) is 52.4. The fourth-order valence-corrected chi connectivity index (χ4v) is 9.88. The van der Waals surface area contributed by atoms with Crippen LogP contribution in [-0.4, -0.2) is 121 Å².